The second kappa shape index (κ2) is 5.36. The monoisotopic (exact) mass is 175 g/mol. The number of carbonyl (C=O) groups excluding carboxylic acids is 1. The molecule has 70 valence electrons. The van der Waals surface area contributed by atoms with Crippen LogP contribution >= 0.6 is 0 Å². The van der Waals surface area contributed by atoms with Crippen LogP contribution in [-0.4, -0.2) is 29.7 Å². The highest BCUT2D eigenvalue weighted by molar-refractivity contribution is 5.81. The molecule has 0 saturated heterocycles. The van der Waals surface area contributed by atoms with Crippen molar-refractivity contribution in [2.45, 2.75) is 18.9 Å². The van der Waals surface area contributed by atoms with Gasteiger partial charge in [-0.1, -0.05) is 0 Å². The van der Waals surface area contributed by atoms with E-state index in [4.69, 9.17) is 16.6 Å². The Hall–Kier alpha value is -1.30. The van der Waals surface area contributed by atoms with Gasteiger partial charge in [0.15, 0.2) is 0 Å². The molecular formula is C6H13N3O3. The molecule has 12 heavy (non-hydrogen) atoms. The van der Waals surface area contributed by atoms with E-state index < -0.39 is 18.0 Å². The number of nitrogens with one attached hydrogen (secondary N) is 1. The van der Waals surface area contributed by atoms with Crippen LogP contribution in [0.4, 0.5) is 4.79 Å². The Kier molecular flexibility index (Phi) is 4.78. The van der Waals surface area contributed by atoms with E-state index in [0.29, 0.717) is 19.4 Å². The number of amides is 2. The zero-order valence-corrected chi connectivity index (χ0v) is 6.62. The van der Waals surface area contributed by atoms with Gasteiger partial charge in [-0.3, -0.25) is 0 Å². The van der Waals surface area contributed by atoms with E-state index in [1.807, 2.05) is 0 Å². The highest BCUT2D eigenvalue weighted by Gasteiger charge is 2.17. The van der Waals surface area contributed by atoms with Gasteiger partial charge in [-0.05, 0) is 19.4 Å². The summed E-state index contributed by atoms with van der Waals surface area (Å²) in [4.78, 5) is 20.7. The molecule has 0 aromatic rings. The molecule has 0 spiro atoms. The molecule has 0 aliphatic rings. The maximum atomic E-state index is 10.4. The Morgan fingerprint density at radius 1 is 1.50 bits per heavy atom. The molecule has 0 saturated carbocycles. The van der Waals surface area contributed by atoms with Gasteiger partial charge in [-0.2, -0.15) is 0 Å². The fraction of sp³-hybridized carbons (Fsp3) is 0.667. The van der Waals surface area contributed by atoms with Crippen molar-refractivity contribution in [3.05, 3.63) is 0 Å². The van der Waals surface area contributed by atoms with Crippen molar-refractivity contribution in [3.8, 4) is 0 Å². The highest BCUT2D eigenvalue weighted by Crippen LogP contribution is 1.95. The van der Waals surface area contributed by atoms with Gasteiger partial charge >= 0.3 is 12.0 Å². The Bertz CT molecular complexity index is 171. The van der Waals surface area contributed by atoms with E-state index in [1.165, 1.54) is 0 Å². The van der Waals surface area contributed by atoms with Crippen molar-refractivity contribution in [2.75, 3.05) is 6.54 Å². The first-order chi connectivity index (χ1) is 5.57. The predicted octanol–water partition coefficient (Wildman–Crippen LogP) is -1.15. The van der Waals surface area contributed by atoms with Crippen molar-refractivity contribution < 1.29 is 14.7 Å². The number of carboxylic acid groups (broad SMARTS) is 1. The lowest BCUT2D eigenvalue weighted by Gasteiger charge is -2.11. The van der Waals surface area contributed by atoms with Gasteiger partial charge in [0.05, 0.1) is 0 Å². The molecule has 0 radical (unpaired) electrons. The fourth-order valence-electron chi connectivity index (χ4n) is 0.751. The Morgan fingerprint density at radius 2 is 2.08 bits per heavy atom. The summed E-state index contributed by atoms with van der Waals surface area (Å²) in [6, 6.07) is -1.76. The molecule has 0 aromatic heterocycles. The fourth-order valence-corrected chi connectivity index (χ4v) is 0.751. The van der Waals surface area contributed by atoms with E-state index >= 15 is 0 Å². The van der Waals surface area contributed by atoms with E-state index in [1.54, 1.807) is 0 Å². The maximum Gasteiger partial charge on any atom is 0.326 e. The number of carbonyl (C=O) groups is 2. The third kappa shape index (κ3) is 4.51. The van der Waals surface area contributed by atoms with E-state index in [0.717, 1.165) is 0 Å². The molecule has 6 nitrogen and oxygen atoms in total. The number of hydrogen-bond acceptors (Lipinski definition) is 3. The van der Waals surface area contributed by atoms with Crippen LogP contribution in [0.1, 0.15) is 12.8 Å². The van der Waals surface area contributed by atoms with Crippen molar-refractivity contribution >= 4 is 12.0 Å². The topological polar surface area (TPSA) is 118 Å². The van der Waals surface area contributed by atoms with Crippen LogP contribution in [-0.2, 0) is 4.79 Å². The second-order valence-corrected chi connectivity index (χ2v) is 2.33. The molecule has 2 amide bonds. The molecule has 0 rings (SSSR count). The van der Waals surface area contributed by atoms with Gasteiger partial charge < -0.3 is 21.9 Å². The first-order valence-electron chi connectivity index (χ1n) is 3.56. The van der Waals surface area contributed by atoms with E-state index in [9.17, 15) is 9.59 Å². The number of primary amides is 1. The first-order valence-corrected chi connectivity index (χ1v) is 3.56. The summed E-state index contributed by atoms with van der Waals surface area (Å²) in [5.74, 6) is -1.10. The molecule has 6 N–H and O–H groups in total. The van der Waals surface area contributed by atoms with Gasteiger partial charge in [-0.25, -0.2) is 9.59 Å². The Balaban J connectivity index is 3.87. The summed E-state index contributed by atoms with van der Waals surface area (Å²) >= 11 is 0. The van der Waals surface area contributed by atoms with Crippen LogP contribution in [0.2, 0.25) is 0 Å². The van der Waals surface area contributed by atoms with Gasteiger partial charge in [0.1, 0.15) is 6.04 Å². The third-order valence-electron chi connectivity index (χ3n) is 1.31. The van der Waals surface area contributed by atoms with Crippen molar-refractivity contribution in [2.24, 2.45) is 11.5 Å². The van der Waals surface area contributed by atoms with Crippen molar-refractivity contribution in [1.29, 1.82) is 0 Å². The lowest BCUT2D eigenvalue weighted by Crippen LogP contribution is -2.43. The lowest BCUT2D eigenvalue weighted by atomic mass is 10.1. The molecule has 0 bridgehead atoms. The van der Waals surface area contributed by atoms with Crippen molar-refractivity contribution in [3.63, 3.8) is 0 Å². The van der Waals surface area contributed by atoms with Gasteiger partial charge in [0.2, 0.25) is 0 Å². The molecule has 0 fully saturated rings. The molecule has 0 aliphatic carbocycles. The van der Waals surface area contributed by atoms with Gasteiger partial charge in [0.25, 0.3) is 0 Å². The predicted molar refractivity (Wildman–Crippen MR) is 42.4 cm³/mol. The molecule has 1 atom stereocenters. The number of nitrogens with two attached hydrogens (primary N) is 2. The summed E-state index contributed by atoms with van der Waals surface area (Å²) in [7, 11) is 0. The third-order valence-corrected chi connectivity index (χ3v) is 1.31. The average Bonchev–Trinajstić information content (AvgIpc) is 1.96. The summed E-state index contributed by atoms with van der Waals surface area (Å²) in [6.45, 7) is 0.393. The summed E-state index contributed by atoms with van der Waals surface area (Å²) < 4.78 is 0. The second-order valence-electron chi connectivity index (χ2n) is 2.33. The molecule has 0 aromatic carbocycles. The summed E-state index contributed by atoms with van der Waals surface area (Å²) in [5, 5.41) is 10.6. The van der Waals surface area contributed by atoms with Crippen LogP contribution in [0.25, 0.3) is 0 Å². The number of carboxylic acids is 1. The molecule has 6 heteroatoms. The maximum absolute atomic E-state index is 10.4. The summed E-state index contributed by atoms with van der Waals surface area (Å²) in [5.41, 5.74) is 9.93. The smallest absolute Gasteiger partial charge is 0.326 e. The minimum absolute atomic E-state index is 0.300. The number of hydrogen-bond donors (Lipinski definition) is 4. The zero-order valence-electron chi connectivity index (χ0n) is 6.62. The highest BCUT2D eigenvalue weighted by atomic mass is 16.4. The van der Waals surface area contributed by atoms with Crippen molar-refractivity contribution in [1.82, 2.24) is 5.32 Å². The van der Waals surface area contributed by atoms with Crippen LogP contribution < -0.4 is 16.8 Å². The normalized spacial score (nSPS) is 12.1. The summed E-state index contributed by atoms with van der Waals surface area (Å²) in [6.07, 6.45) is 0.839. The Labute approximate surface area is 69.9 Å². The minimum atomic E-state index is -1.10. The van der Waals surface area contributed by atoms with E-state index in [-0.39, 0.29) is 0 Å². The van der Waals surface area contributed by atoms with E-state index in [2.05, 4.69) is 5.32 Å². The van der Waals surface area contributed by atoms with Gasteiger partial charge in [0, 0.05) is 0 Å². The van der Waals surface area contributed by atoms with Gasteiger partial charge in [-0.15, -0.1) is 0 Å². The standard InChI is InChI=1S/C6H13N3O3/c7-3-1-2-4(5(10)11)9-6(8)12/h4H,1-3,7H2,(H,10,11)(H3,8,9,12)/t4-/m0/s1. The van der Waals surface area contributed by atoms with Crippen LogP contribution in [0.3, 0.4) is 0 Å². The SMILES string of the molecule is NCCC[C@H](NC(N)=O)C(=O)O. The Morgan fingerprint density at radius 3 is 2.42 bits per heavy atom. The first kappa shape index (κ1) is 10.7. The largest absolute Gasteiger partial charge is 0.480 e. The molecule has 0 unspecified atom stereocenters. The zero-order chi connectivity index (χ0) is 9.56. The average molecular weight is 175 g/mol. The lowest BCUT2D eigenvalue weighted by molar-refractivity contribution is -0.139. The molecule has 0 aliphatic heterocycles. The minimum Gasteiger partial charge on any atom is -0.480 e. The van der Waals surface area contributed by atoms with Crippen LogP contribution in [0.15, 0.2) is 0 Å². The number of aliphatic carboxylic acids is 1. The number of rotatable bonds is 5. The van der Waals surface area contributed by atoms with Crippen LogP contribution in [0, 0.1) is 0 Å². The quantitative estimate of drug-likeness (QED) is 0.421. The number of urea groups is 1. The molecular weight excluding hydrogens is 162 g/mol. The van der Waals surface area contributed by atoms with Crippen LogP contribution in [0.5, 0.6) is 0 Å². The molecule has 0 heterocycles.